The van der Waals surface area contributed by atoms with E-state index in [-0.39, 0.29) is 6.03 Å². The summed E-state index contributed by atoms with van der Waals surface area (Å²) in [7, 11) is 0. The maximum Gasteiger partial charge on any atom is 0.317 e. The molecule has 0 aromatic rings. The van der Waals surface area contributed by atoms with Crippen LogP contribution in [0.2, 0.25) is 0 Å². The van der Waals surface area contributed by atoms with Crippen LogP contribution < -0.4 is 5.32 Å². The Morgan fingerprint density at radius 1 is 1.62 bits per heavy atom. The minimum Gasteiger partial charge on any atom is -0.382 e. The van der Waals surface area contributed by atoms with Crippen molar-refractivity contribution in [2.75, 3.05) is 32.8 Å². The Morgan fingerprint density at radius 2 is 2.46 bits per heavy atom. The van der Waals surface area contributed by atoms with Gasteiger partial charge >= 0.3 is 6.03 Å². The summed E-state index contributed by atoms with van der Waals surface area (Å²) in [4.78, 5) is 13.1. The summed E-state index contributed by atoms with van der Waals surface area (Å²) < 4.78 is 5.20. The largest absolute Gasteiger partial charge is 0.382 e. The minimum absolute atomic E-state index is 0.0720. The van der Waals surface area contributed by atoms with Gasteiger partial charge in [-0.3, -0.25) is 0 Å². The number of nitrogens with zero attached hydrogens (tertiary/aromatic N) is 1. The fraction of sp³-hybridized carbons (Fsp3) is 0.889. The first-order valence-electron chi connectivity index (χ1n) is 4.95. The van der Waals surface area contributed by atoms with Crippen LogP contribution in [0.15, 0.2) is 0 Å². The normalized spacial score (nSPS) is 17.3. The number of hydrogen-bond donors (Lipinski definition) is 1. The van der Waals surface area contributed by atoms with Crippen molar-refractivity contribution in [3.8, 4) is 0 Å². The summed E-state index contributed by atoms with van der Waals surface area (Å²) in [5, 5.41) is 2.82. The van der Waals surface area contributed by atoms with Gasteiger partial charge in [0.15, 0.2) is 0 Å². The predicted molar refractivity (Wildman–Crippen MR) is 50.7 cm³/mol. The first kappa shape index (κ1) is 10.3. The van der Waals surface area contributed by atoms with Crippen molar-refractivity contribution < 1.29 is 9.53 Å². The number of urea groups is 1. The molecule has 1 N–H and O–H groups in total. The molecular weight excluding hydrogens is 168 g/mol. The molecule has 1 aliphatic heterocycles. The standard InChI is InChI=1S/C9H18N2O2/c1-2-13-8-4-7-11-6-3-5-10-9(11)12/h2-8H2,1H3,(H,10,12). The van der Waals surface area contributed by atoms with Crippen LogP contribution in [0.1, 0.15) is 19.8 Å². The fourth-order valence-electron chi connectivity index (χ4n) is 1.39. The molecule has 13 heavy (non-hydrogen) atoms. The van der Waals surface area contributed by atoms with E-state index in [9.17, 15) is 4.79 Å². The first-order chi connectivity index (χ1) is 6.34. The maximum absolute atomic E-state index is 11.2. The highest BCUT2D eigenvalue weighted by Crippen LogP contribution is 2.00. The third kappa shape index (κ3) is 3.63. The summed E-state index contributed by atoms with van der Waals surface area (Å²) >= 11 is 0. The molecule has 0 atom stereocenters. The number of ether oxygens (including phenoxy) is 1. The quantitative estimate of drug-likeness (QED) is 0.646. The molecule has 0 aromatic carbocycles. The van der Waals surface area contributed by atoms with Gasteiger partial charge in [-0.15, -0.1) is 0 Å². The number of amides is 2. The molecule has 4 heteroatoms. The number of carbonyl (C=O) groups is 1. The zero-order chi connectivity index (χ0) is 9.52. The van der Waals surface area contributed by atoms with E-state index in [2.05, 4.69) is 5.32 Å². The van der Waals surface area contributed by atoms with Crippen molar-refractivity contribution >= 4 is 6.03 Å². The maximum atomic E-state index is 11.2. The van der Waals surface area contributed by atoms with E-state index in [4.69, 9.17) is 4.74 Å². The Morgan fingerprint density at radius 3 is 3.15 bits per heavy atom. The Kier molecular flexibility index (Phi) is 4.60. The Hall–Kier alpha value is -0.770. The molecule has 1 saturated heterocycles. The second kappa shape index (κ2) is 5.80. The van der Waals surface area contributed by atoms with Gasteiger partial charge in [0.1, 0.15) is 0 Å². The third-order valence-electron chi connectivity index (χ3n) is 2.09. The Balaban J connectivity index is 2.08. The molecule has 0 bridgehead atoms. The molecule has 0 spiro atoms. The summed E-state index contributed by atoms with van der Waals surface area (Å²) in [5.41, 5.74) is 0. The van der Waals surface area contributed by atoms with Crippen LogP contribution in [0, 0.1) is 0 Å². The van der Waals surface area contributed by atoms with Crippen molar-refractivity contribution in [2.45, 2.75) is 19.8 Å². The van der Waals surface area contributed by atoms with E-state index in [1.807, 2.05) is 11.8 Å². The van der Waals surface area contributed by atoms with Gasteiger partial charge < -0.3 is 15.0 Å². The number of rotatable bonds is 5. The molecule has 2 amide bonds. The van der Waals surface area contributed by atoms with E-state index in [1.165, 1.54) is 0 Å². The van der Waals surface area contributed by atoms with Crippen LogP contribution in [0.5, 0.6) is 0 Å². The van der Waals surface area contributed by atoms with Gasteiger partial charge in [-0.05, 0) is 19.8 Å². The predicted octanol–water partition coefficient (Wildman–Crippen LogP) is 0.828. The summed E-state index contributed by atoms with van der Waals surface area (Å²) in [5.74, 6) is 0. The highest BCUT2D eigenvalue weighted by molar-refractivity contribution is 5.74. The topological polar surface area (TPSA) is 41.6 Å². The summed E-state index contributed by atoms with van der Waals surface area (Å²) in [6.45, 7) is 6.00. The van der Waals surface area contributed by atoms with E-state index in [0.717, 1.165) is 45.7 Å². The van der Waals surface area contributed by atoms with Crippen LogP contribution in [0.25, 0.3) is 0 Å². The van der Waals surface area contributed by atoms with Gasteiger partial charge in [-0.2, -0.15) is 0 Å². The zero-order valence-electron chi connectivity index (χ0n) is 8.21. The van der Waals surface area contributed by atoms with Crippen molar-refractivity contribution in [1.29, 1.82) is 0 Å². The molecule has 0 saturated carbocycles. The van der Waals surface area contributed by atoms with Crippen LogP contribution >= 0.6 is 0 Å². The number of hydrogen-bond acceptors (Lipinski definition) is 2. The van der Waals surface area contributed by atoms with Gasteiger partial charge in [-0.25, -0.2) is 4.79 Å². The number of carbonyl (C=O) groups excluding carboxylic acids is 1. The molecule has 1 aliphatic rings. The van der Waals surface area contributed by atoms with Crippen molar-refractivity contribution in [3.63, 3.8) is 0 Å². The van der Waals surface area contributed by atoms with E-state index in [0.29, 0.717) is 0 Å². The van der Waals surface area contributed by atoms with E-state index >= 15 is 0 Å². The van der Waals surface area contributed by atoms with Crippen LogP contribution in [0.3, 0.4) is 0 Å². The van der Waals surface area contributed by atoms with Gasteiger partial charge in [0.05, 0.1) is 0 Å². The zero-order valence-corrected chi connectivity index (χ0v) is 8.21. The molecule has 0 unspecified atom stereocenters. The second-order valence-corrected chi connectivity index (χ2v) is 3.12. The average molecular weight is 186 g/mol. The van der Waals surface area contributed by atoms with Crippen molar-refractivity contribution in [3.05, 3.63) is 0 Å². The monoisotopic (exact) mass is 186 g/mol. The second-order valence-electron chi connectivity index (χ2n) is 3.12. The Labute approximate surface area is 79.2 Å². The lowest BCUT2D eigenvalue weighted by molar-refractivity contribution is 0.131. The molecule has 0 aliphatic carbocycles. The van der Waals surface area contributed by atoms with Crippen LogP contribution in [-0.4, -0.2) is 43.8 Å². The lowest BCUT2D eigenvalue weighted by atomic mass is 10.3. The van der Waals surface area contributed by atoms with Crippen LogP contribution in [0.4, 0.5) is 4.79 Å². The summed E-state index contributed by atoms with van der Waals surface area (Å²) in [6.07, 6.45) is 1.99. The number of nitrogens with one attached hydrogen (secondary N) is 1. The van der Waals surface area contributed by atoms with Crippen molar-refractivity contribution in [2.24, 2.45) is 0 Å². The smallest absolute Gasteiger partial charge is 0.317 e. The van der Waals surface area contributed by atoms with Gasteiger partial charge in [0.25, 0.3) is 0 Å². The SMILES string of the molecule is CCOCCCN1CCCNC1=O. The summed E-state index contributed by atoms with van der Waals surface area (Å²) in [6, 6.07) is 0.0720. The lowest BCUT2D eigenvalue weighted by Crippen LogP contribution is -2.46. The van der Waals surface area contributed by atoms with Crippen molar-refractivity contribution in [1.82, 2.24) is 10.2 Å². The van der Waals surface area contributed by atoms with E-state index < -0.39 is 0 Å². The van der Waals surface area contributed by atoms with Gasteiger partial charge in [0, 0.05) is 32.8 Å². The fourth-order valence-corrected chi connectivity index (χ4v) is 1.39. The highest BCUT2D eigenvalue weighted by atomic mass is 16.5. The molecule has 4 nitrogen and oxygen atoms in total. The molecule has 1 heterocycles. The lowest BCUT2D eigenvalue weighted by Gasteiger charge is -2.27. The first-order valence-corrected chi connectivity index (χ1v) is 4.95. The third-order valence-corrected chi connectivity index (χ3v) is 2.09. The Bertz CT molecular complexity index is 162. The highest BCUT2D eigenvalue weighted by Gasteiger charge is 2.15. The minimum atomic E-state index is 0.0720. The van der Waals surface area contributed by atoms with Crippen LogP contribution in [-0.2, 0) is 4.74 Å². The molecule has 0 aromatic heterocycles. The molecule has 0 radical (unpaired) electrons. The molecule has 1 rings (SSSR count). The van der Waals surface area contributed by atoms with Gasteiger partial charge in [0.2, 0.25) is 0 Å². The van der Waals surface area contributed by atoms with Gasteiger partial charge in [-0.1, -0.05) is 0 Å². The van der Waals surface area contributed by atoms with E-state index in [1.54, 1.807) is 0 Å². The molecule has 1 fully saturated rings. The molecule has 76 valence electrons. The molecular formula is C9H18N2O2. The average Bonchev–Trinajstić information content (AvgIpc) is 2.15.